The Morgan fingerprint density at radius 2 is 1.82 bits per heavy atom. The smallest absolute Gasteiger partial charge is 0.407 e. The first-order valence-electron chi connectivity index (χ1n) is 11.6. The lowest BCUT2D eigenvalue weighted by Gasteiger charge is -2.42. The van der Waals surface area contributed by atoms with Crippen LogP contribution in [0, 0.1) is 0 Å². The largest absolute Gasteiger partial charge is 0.486 e. The summed E-state index contributed by atoms with van der Waals surface area (Å²) < 4.78 is 11.6. The highest BCUT2D eigenvalue weighted by Crippen LogP contribution is 2.30. The van der Waals surface area contributed by atoms with E-state index in [9.17, 15) is 9.90 Å². The predicted octanol–water partition coefficient (Wildman–Crippen LogP) is 2.68. The van der Waals surface area contributed by atoms with Crippen LogP contribution in [0.4, 0.5) is 10.5 Å². The summed E-state index contributed by atoms with van der Waals surface area (Å²) in [6, 6.07) is 13.4. The molecular weight excluding hydrogens is 420 g/mol. The van der Waals surface area contributed by atoms with Crippen molar-refractivity contribution in [3.05, 3.63) is 54.9 Å². The highest BCUT2D eigenvalue weighted by atomic mass is 16.6. The number of ether oxygens (including phenoxy) is 2. The van der Waals surface area contributed by atoms with E-state index in [1.165, 1.54) is 5.69 Å². The first-order valence-corrected chi connectivity index (χ1v) is 11.6. The van der Waals surface area contributed by atoms with Crippen LogP contribution in [0.2, 0.25) is 0 Å². The second-order valence-electron chi connectivity index (χ2n) is 9.67. The Kier molecular flexibility index (Phi) is 7.05. The number of aliphatic hydroxyl groups excluding tert-OH is 1. The maximum absolute atomic E-state index is 12.6. The molecule has 1 aromatic carbocycles. The second-order valence-corrected chi connectivity index (χ2v) is 9.67. The molecule has 2 aliphatic rings. The maximum Gasteiger partial charge on any atom is 0.407 e. The van der Waals surface area contributed by atoms with Gasteiger partial charge in [0.15, 0.2) is 0 Å². The van der Waals surface area contributed by atoms with E-state index in [2.05, 4.69) is 32.2 Å². The highest BCUT2D eigenvalue weighted by Gasteiger charge is 2.48. The molecule has 33 heavy (non-hydrogen) atoms. The molecule has 8 heteroatoms. The number of rotatable bonds is 5. The van der Waals surface area contributed by atoms with Crippen LogP contribution >= 0.6 is 0 Å². The number of nitrogens with one attached hydrogen (secondary N) is 1. The molecule has 2 heterocycles. The van der Waals surface area contributed by atoms with E-state index in [-0.39, 0.29) is 12.1 Å². The summed E-state index contributed by atoms with van der Waals surface area (Å²) >= 11 is 0. The van der Waals surface area contributed by atoms with E-state index in [0.29, 0.717) is 12.2 Å². The number of alkyl carbamates (subject to hydrolysis) is 1. The first kappa shape index (κ1) is 23.3. The zero-order valence-electron chi connectivity index (χ0n) is 19.6. The lowest BCUT2D eigenvalue weighted by molar-refractivity contribution is 0.00369. The fourth-order valence-corrected chi connectivity index (χ4v) is 4.69. The summed E-state index contributed by atoms with van der Waals surface area (Å²) in [5.41, 5.74) is 0.606. The molecule has 0 radical (unpaired) electrons. The van der Waals surface area contributed by atoms with E-state index in [1.807, 2.05) is 45.0 Å². The zero-order valence-corrected chi connectivity index (χ0v) is 19.6. The molecule has 1 amide bonds. The van der Waals surface area contributed by atoms with Crippen LogP contribution in [0.3, 0.4) is 0 Å². The minimum absolute atomic E-state index is 0.267. The van der Waals surface area contributed by atoms with Crippen LogP contribution in [0.15, 0.2) is 54.9 Å². The number of anilines is 1. The topological polar surface area (TPSA) is 87.2 Å². The number of aliphatic hydroxyl groups is 1. The summed E-state index contributed by atoms with van der Waals surface area (Å²) in [5.74, 6) is 0.604. The van der Waals surface area contributed by atoms with Gasteiger partial charge in [-0.25, -0.2) is 4.79 Å². The minimum atomic E-state index is -0.756. The van der Waals surface area contributed by atoms with E-state index < -0.39 is 23.9 Å². The van der Waals surface area contributed by atoms with Crippen LogP contribution in [0.25, 0.3) is 0 Å². The van der Waals surface area contributed by atoms with Crippen LogP contribution in [-0.2, 0) is 4.74 Å². The molecule has 1 aromatic heterocycles. The Hall–Kier alpha value is -2.84. The normalized spacial score (nSPS) is 26.1. The van der Waals surface area contributed by atoms with E-state index >= 15 is 0 Å². The van der Waals surface area contributed by atoms with E-state index in [0.717, 1.165) is 26.2 Å². The molecule has 2 N–H and O–H groups in total. The molecule has 0 unspecified atom stereocenters. The van der Waals surface area contributed by atoms with Gasteiger partial charge in [-0.1, -0.05) is 18.2 Å². The Morgan fingerprint density at radius 3 is 2.45 bits per heavy atom. The van der Waals surface area contributed by atoms with Gasteiger partial charge in [-0.3, -0.25) is 9.88 Å². The van der Waals surface area contributed by atoms with Crippen LogP contribution in [0.5, 0.6) is 5.75 Å². The van der Waals surface area contributed by atoms with Gasteiger partial charge in [-0.2, -0.15) is 0 Å². The summed E-state index contributed by atoms with van der Waals surface area (Å²) in [6.45, 7) is 8.77. The van der Waals surface area contributed by atoms with Crippen molar-refractivity contribution < 1.29 is 19.4 Å². The number of para-hydroxylation sites is 1. The number of hydrogen-bond acceptors (Lipinski definition) is 7. The molecule has 1 saturated heterocycles. The van der Waals surface area contributed by atoms with Gasteiger partial charge < -0.3 is 24.8 Å². The van der Waals surface area contributed by atoms with Crippen molar-refractivity contribution >= 4 is 11.8 Å². The Morgan fingerprint density at radius 1 is 1.09 bits per heavy atom. The number of pyridine rings is 1. The molecule has 0 spiro atoms. The standard InChI is InChI=1S/C25H34N4O4/c1-25(2,3)33-24(31)27-20-16-21(32-19-10-7-11-26-17-19)23(30)22(20)29-14-12-28(13-15-29)18-8-5-4-6-9-18/h4-11,17,20-23,30H,12-16H2,1-3H3,(H,27,31)/t20-,21-,22+,23+/m1/s1. The van der Waals surface area contributed by atoms with Gasteiger partial charge in [0.1, 0.15) is 23.6 Å². The first-order chi connectivity index (χ1) is 15.8. The summed E-state index contributed by atoms with van der Waals surface area (Å²) in [6.07, 6.45) is 2.11. The molecular formula is C25H34N4O4. The lowest BCUT2D eigenvalue weighted by Crippen LogP contribution is -2.59. The Balaban J connectivity index is 1.46. The van der Waals surface area contributed by atoms with Gasteiger partial charge in [-0.05, 0) is 45.0 Å². The predicted molar refractivity (Wildman–Crippen MR) is 126 cm³/mol. The van der Waals surface area contributed by atoms with Crippen LogP contribution < -0.4 is 15.0 Å². The SMILES string of the molecule is CC(C)(C)OC(=O)N[C@@H]1C[C@@H](Oc2cccnc2)[C@H](O)[C@H]1N1CCN(c2ccccc2)CC1. The average Bonchev–Trinajstić information content (AvgIpc) is 3.08. The van der Waals surface area contributed by atoms with E-state index in [1.54, 1.807) is 18.5 Å². The van der Waals surface area contributed by atoms with Crippen LogP contribution in [-0.4, -0.2) is 77.2 Å². The number of nitrogens with zero attached hydrogens (tertiary/aromatic N) is 3. The molecule has 2 fully saturated rings. The number of aromatic nitrogens is 1. The molecule has 1 saturated carbocycles. The fourth-order valence-electron chi connectivity index (χ4n) is 4.69. The quantitative estimate of drug-likeness (QED) is 0.718. The summed E-state index contributed by atoms with van der Waals surface area (Å²) in [5, 5.41) is 14.3. The number of piperazine rings is 1. The molecule has 1 aliphatic carbocycles. The highest BCUT2D eigenvalue weighted by molar-refractivity contribution is 5.68. The number of hydrogen-bond donors (Lipinski definition) is 2. The number of benzene rings is 1. The molecule has 1 aliphatic heterocycles. The van der Waals surface area contributed by atoms with Crippen molar-refractivity contribution in [1.29, 1.82) is 0 Å². The third kappa shape index (κ3) is 5.94. The monoisotopic (exact) mass is 454 g/mol. The average molecular weight is 455 g/mol. The molecule has 8 nitrogen and oxygen atoms in total. The Labute approximate surface area is 195 Å². The molecule has 4 atom stereocenters. The third-order valence-electron chi connectivity index (χ3n) is 6.11. The molecule has 2 aromatic rings. The van der Waals surface area contributed by atoms with E-state index in [4.69, 9.17) is 9.47 Å². The van der Waals surface area contributed by atoms with Gasteiger partial charge in [0.05, 0.1) is 18.3 Å². The van der Waals surface area contributed by atoms with Crippen molar-refractivity contribution in [3.8, 4) is 5.75 Å². The summed E-state index contributed by atoms with van der Waals surface area (Å²) in [7, 11) is 0. The number of carbonyl (C=O) groups is 1. The van der Waals surface area contributed by atoms with Crippen molar-refractivity contribution in [2.24, 2.45) is 0 Å². The van der Waals surface area contributed by atoms with Crippen LogP contribution in [0.1, 0.15) is 27.2 Å². The van der Waals surface area contributed by atoms with Crippen molar-refractivity contribution in [1.82, 2.24) is 15.2 Å². The molecule has 178 valence electrons. The van der Waals surface area contributed by atoms with Gasteiger partial charge >= 0.3 is 6.09 Å². The third-order valence-corrected chi connectivity index (χ3v) is 6.11. The lowest BCUT2D eigenvalue weighted by atomic mass is 10.1. The van der Waals surface area contributed by atoms with Gasteiger partial charge in [0.25, 0.3) is 0 Å². The molecule has 0 bridgehead atoms. The summed E-state index contributed by atoms with van der Waals surface area (Å²) in [4.78, 5) is 21.3. The zero-order chi connectivity index (χ0) is 23.4. The van der Waals surface area contributed by atoms with Crippen molar-refractivity contribution in [2.45, 2.75) is 57.1 Å². The van der Waals surface area contributed by atoms with Gasteiger partial charge in [0.2, 0.25) is 0 Å². The number of carbonyl (C=O) groups excluding carboxylic acids is 1. The Bertz CT molecular complexity index is 898. The van der Waals surface area contributed by atoms with Crippen molar-refractivity contribution in [2.75, 3.05) is 31.1 Å². The van der Waals surface area contributed by atoms with Gasteiger partial charge in [0, 0.05) is 44.5 Å². The van der Waals surface area contributed by atoms with Gasteiger partial charge in [-0.15, -0.1) is 0 Å². The molecule has 4 rings (SSSR count). The second kappa shape index (κ2) is 9.97. The minimum Gasteiger partial charge on any atom is -0.486 e. The number of amides is 1. The van der Waals surface area contributed by atoms with Crippen molar-refractivity contribution in [3.63, 3.8) is 0 Å². The fraction of sp³-hybridized carbons (Fsp3) is 0.520. The maximum atomic E-state index is 12.6.